The van der Waals surface area contributed by atoms with Gasteiger partial charge in [-0.3, -0.25) is 0 Å². The van der Waals surface area contributed by atoms with E-state index in [0.29, 0.717) is 0 Å². The van der Waals surface area contributed by atoms with Crippen LogP contribution in [-0.2, 0) is 16.2 Å². The summed E-state index contributed by atoms with van der Waals surface area (Å²) in [6, 6.07) is 82.1. The van der Waals surface area contributed by atoms with Gasteiger partial charge in [0, 0.05) is 26.3 Å². The summed E-state index contributed by atoms with van der Waals surface area (Å²) in [6.45, 7) is 7.04. The molecule has 1 heterocycles. The first-order chi connectivity index (χ1) is 31.4. The molecule has 0 aromatic heterocycles. The minimum Gasteiger partial charge on any atom is -0.309 e. The summed E-state index contributed by atoms with van der Waals surface area (Å²) in [7, 11) is 0. The second kappa shape index (κ2) is 15.0. The highest BCUT2D eigenvalue weighted by molar-refractivity contribution is 8.18. The molecule has 0 saturated heterocycles. The molecule has 0 radical (unpaired) electrons. The maximum atomic E-state index is 2.57. The Bertz CT molecular complexity index is 3140. The Morgan fingerprint density at radius 3 is 1.34 bits per heavy atom. The summed E-state index contributed by atoms with van der Waals surface area (Å²) in [5.41, 5.74) is 19.4. The maximum absolute atomic E-state index is 2.57. The van der Waals surface area contributed by atoms with Crippen LogP contribution in [-0.4, -0.2) is 5.08 Å². The van der Waals surface area contributed by atoms with Crippen molar-refractivity contribution in [2.45, 2.75) is 46.8 Å². The summed E-state index contributed by atoms with van der Waals surface area (Å²) in [6.07, 6.45) is 0. The molecule has 0 fully saturated rings. The van der Waals surface area contributed by atoms with Gasteiger partial charge in [-0.1, -0.05) is 209 Å². The molecule has 1 nitrogen and oxygen atoms in total. The van der Waals surface area contributed by atoms with Gasteiger partial charge in [0.1, 0.15) is 0 Å². The fourth-order valence-corrected chi connectivity index (χ4v) is 14.2. The zero-order valence-electron chi connectivity index (χ0n) is 36.3. The van der Waals surface area contributed by atoms with Crippen LogP contribution in [0.1, 0.15) is 70.8 Å². The molecule has 0 atom stereocenters. The van der Waals surface area contributed by atoms with Gasteiger partial charge < -0.3 is 4.90 Å². The number of fused-ring (bicyclic) bond motifs is 7. The van der Waals surface area contributed by atoms with E-state index in [0.717, 1.165) is 16.5 Å². The number of thioether (sulfide) groups is 2. The van der Waals surface area contributed by atoms with Gasteiger partial charge in [0.05, 0.1) is 16.5 Å². The van der Waals surface area contributed by atoms with Crippen molar-refractivity contribution in [1.82, 2.24) is 0 Å². The van der Waals surface area contributed by atoms with Crippen molar-refractivity contribution < 1.29 is 0 Å². The molecule has 3 heteroatoms. The summed E-state index contributed by atoms with van der Waals surface area (Å²) in [5, 5.41) is 1.00. The van der Waals surface area contributed by atoms with Gasteiger partial charge in [-0.2, -0.15) is 0 Å². The minimum atomic E-state index is -0.513. The number of hydrogen-bond acceptors (Lipinski definition) is 3. The molecular weight excluding hydrogens is 811 g/mol. The predicted molar refractivity (Wildman–Crippen MR) is 271 cm³/mol. The van der Waals surface area contributed by atoms with Crippen LogP contribution in [0.2, 0.25) is 0 Å². The molecule has 0 bridgehead atoms. The number of hydrogen-bond donors (Lipinski definition) is 0. The standard InChI is InChI=1S/C61H47NS2/c1-59(2,3)54-36-37-56(58-57(54)63-40-64-58)62(45-33-35-53-50(38-45)48-29-17-19-31-52(48)60(53,41-20-8-4-9-21-41)42-22-10-5-11-23-42)46-32-34-49-47-28-16-18-30-51(47)61(55(49)39-46,43-24-12-6-13-25-43)44-26-14-7-15-27-44/h4-39H,40H2,1-3H3. The first-order valence-corrected chi connectivity index (χ1v) is 24.3. The summed E-state index contributed by atoms with van der Waals surface area (Å²) in [5.74, 6) is 0. The molecule has 0 N–H and O–H groups in total. The SMILES string of the molecule is CC(C)(C)c1ccc(N(c2ccc3c(c2)-c2ccccc2C3(c2ccccc2)c2ccccc2)c2ccc3c(c2)C(c2ccccc2)(c2ccccc2)c2ccccc2-3)c2c1SCS2. The number of anilines is 3. The van der Waals surface area contributed by atoms with Crippen LogP contribution in [0.4, 0.5) is 17.1 Å². The Morgan fingerprint density at radius 1 is 0.375 bits per heavy atom. The van der Waals surface area contributed by atoms with Gasteiger partial charge in [-0.15, -0.1) is 23.5 Å². The third kappa shape index (κ3) is 5.67. The molecule has 64 heavy (non-hydrogen) atoms. The number of benzene rings is 9. The molecule has 2 aliphatic carbocycles. The van der Waals surface area contributed by atoms with Crippen molar-refractivity contribution in [3.63, 3.8) is 0 Å². The summed E-state index contributed by atoms with van der Waals surface area (Å²) < 4.78 is 0. The first-order valence-electron chi connectivity index (χ1n) is 22.3. The molecule has 0 saturated carbocycles. The average molecular weight is 858 g/mol. The minimum absolute atomic E-state index is 0.0190. The van der Waals surface area contributed by atoms with Crippen LogP contribution in [0.3, 0.4) is 0 Å². The Labute approximate surface area is 385 Å². The predicted octanol–water partition coefficient (Wildman–Crippen LogP) is 16.3. The number of nitrogens with zero attached hydrogens (tertiary/aromatic N) is 1. The Hall–Kier alpha value is -6.52. The summed E-state index contributed by atoms with van der Waals surface area (Å²) >= 11 is 3.97. The zero-order chi connectivity index (χ0) is 43.0. The normalized spacial score (nSPS) is 14.9. The van der Waals surface area contributed by atoms with Crippen LogP contribution < -0.4 is 4.90 Å². The fraction of sp³-hybridized carbons (Fsp3) is 0.115. The van der Waals surface area contributed by atoms with Gasteiger partial charge in [0.2, 0.25) is 0 Å². The van der Waals surface area contributed by atoms with Gasteiger partial charge in [-0.25, -0.2) is 0 Å². The molecule has 12 rings (SSSR count). The smallest absolute Gasteiger partial charge is 0.0714 e. The van der Waals surface area contributed by atoms with Crippen molar-refractivity contribution >= 4 is 40.6 Å². The Kier molecular flexibility index (Phi) is 9.19. The molecule has 0 spiro atoms. The Balaban J connectivity index is 1.14. The molecule has 308 valence electrons. The first kappa shape index (κ1) is 39.1. The lowest BCUT2D eigenvalue weighted by Crippen LogP contribution is -2.29. The lowest BCUT2D eigenvalue weighted by atomic mass is 9.67. The zero-order valence-corrected chi connectivity index (χ0v) is 37.9. The lowest BCUT2D eigenvalue weighted by molar-refractivity contribution is 0.575. The lowest BCUT2D eigenvalue weighted by Gasteiger charge is -2.35. The van der Waals surface area contributed by atoms with E-state index in [4.69, 9.17) is 0 Å². The van der Waals surface area contributed by atoms with Gasteiger partial charge >= 0.3 is 0 Å². The highest BCUT2D eigenvalue weighted by Crippen LogP contribution is 2.61. The number of rotatable bonds is 7. The highest BCUT2D eigenvalue weighted by Gasteiger charge is 2.48. The van der Waals surface area contributed by atoms with E-state index in [1.54, 1.807) is 0 Å². The molecule has 9 aromatic carbocycles. The van der Waals surface area contributed by atoms with Crippen LogP contribution in [0.5, 0.6) is 0 Å². The van der Waals surface area contributed by atoms with Gasteiger partial charge in [0.25, 0.3) is 0 Å². The van der Waals surface area contributed by atoms with Crippen LogP contribution in [0.25, 0.3) is 22.3 Å². The second-order valence-electron chi connectivity index (χ2n) is 18.3. The quantitative estimate of drug-likeness (QED) is 0.157. The topological polar surface area (TPSA) is 3.24 Å². The largest absolute Gasteiger partial charge is 0.309 e. The third-order valence-corrected chi connectivity index (χ3v) is 16.4. The monoisotopic (exact) mass is 857 g/mol. The molecule has 9 aromatic rings. The van der Waals surface area contributed by atoms with E-state index in [2.05, 4.69) is 244 Å². The molecular formula is C61H47NS2. The van der Waals surface area contributed by atoms with Crippen molar-refractivity contribution in [3.05, 3.63) is 268 Å². The van der Waals surface area contributed by atoms with Crippen molar-refractivity contribution in [2.24, 2.45) is 0 Å². The van der Waals surface area contributed by atoms with E-state index in [1.807, 2.05) is 23.5 Å². The van der Waals surface area contributed by atoms with Crippen LogP contribution >= 0.6 is 23.5 Å². The second-order valence-corrected chi connectivity index (χ2v) is 20.6. The molecule has 3 aliphatic rings. The van der Waals surface area contributed by atoms with Crippen LogP contribution in [0, 0.1) is 0 Å². The van der Waals surface area contributed by atoms with Crippen molar-refractivity contribution in [1.29, 1.82) is 0 Å². The van der Waals surface area contributed by atoms with Crippen LogP contribution in [0.15, 0.2) is 228 Å². The van der Waals surface area contributed by atoms with Crippen molar-refractivity contribution in [3.8, 4) is 22.3 Å². The molecule has 0 unspecified atom stereocenters. The summed E-state index contributed by atoms with van der Waals surface area (Å²) in [4.78, 5) is 5.35. The third-order valence-electron chi connectivity index (χ3n) is 13.9. The Morgan fingerprint density at radius 2 is 0.797 bits per heavy atom. The fourth-order valence-electron chi connectivity index (χ4n) is 11.3. The molecule has 1 aliphatic heterocycles. The van der Waals surface area contributed by atoms with E-state index in [9.17, 15) is 0 Å². The van der Waals surface area contributed by atoms with E-state index in [1.165, 1.54) is 87.8 Å². The van der Waals surface area contributed by atoms with E-state index in [-0.39, 0.29) is 5.41 Å². The van der Waals surface area contributed by atoms with Crippen molar-refractivity contribution in [2.75, 3.05) is 9.98 Å². The average Bonchev–Trinajstić information content (AvgIpc) is 4.04. The maximum Gasteiger partial charge on any atom is 0.0714 e. The highest BCUT2D eigenvalue weighted by atomic mass is 32.2. The van der Waals surface area contributed by atoms with E-state index >= 15 is 0 Å². The van der Waals surface area contributed by atoms with Gasteiger partial charge in [0.15, 0.2) is 0 Å². The van der Waals surface area contributed by atoms with Gasteiger partial charge in [-0.05, 0) is 108 Å². The molecule has 0 amide bonds. The van der Waals surface area contributed by atoms with E-state index < -0.39 is 10.8 Å².